The van der Waals surface area contributed by atoms with Gasteiger partial charge in [0.25, 0.3) is 5.91 Å². The van der Waals surface area contributed by atoms with Crippen LogP contribution in [0.15, 0.2) is 48.5 Å². The van der Waals surface area contributed by atoms with E-state index in [0.29, 0.717) is 12.1 Å². The summed E-state index contributed by atoms with van der Waals surface area (Å²) in [6.07, 6.45) is 2.47. The van der Waals surface area contributed by atoms with Gasteiger partial charge in [-0.05, 0) is 50.6 Å². The summed E-state index contributed by atoms with van der Waals surface area (Å²) >= 11 is 0. The van der Waals surface area contributed by atoms with E-state index in [4.69, 9.17) is 0 Å². The Hall–Kier alpha value is -3.12. The molecule has 3 aromatic rings. The topological polar surface area (TPSA) is 68.4 Å². The van der Waals surface area contributed by atoms with Crippen LogP contribution >= 0.6 is 0 Å². The van der Waals surface area contributed by atoms with Crippen LogP contribution in [0.4, 0.5) is 0 Å². The van der Waals surface area contributed by atoms with Crippen molar-refractivity contribution in [2.75, 3.05) is 32.7 Å². The number of fused-ring (bicyclic) bond motifs is 2. The molecule has 0 saturated carbocycles. The third-order valence-electron chi connectivity index (χ3n) is 6.54. The lowest BCUT2D eigenvalue weighted by molar-refractivity contribution is -0.122. The highest BCUT2D eigenvalue weighted by atomic mass is 16.2. The van der Waals surface area contributed by atoms with E-state index in [1.54, 1.807) is 4.90 Å². The number of carbonyl (C=O) groups excluding carboxylic acids is 2. The molecule has 6 nitrogen and oxygen atoms in total. The number of H-pyrrole nitrogens is 1. The molecule has 160 valence electrons. The number of amides is 2. The summed E-state index contributed by atoms with van der Waals surface area (Å²) in [6.45, 7) is 5.79. The number of likely N-dealkylation sites (tertiary alicyclic amines) is 1. The molecule has 0 spiro atoms. The van der Waals surface area contributed by atoms with E-state index in [1.165, 1.54) is 12.8 Å². The number of aromatic nitrogens is 1. The minimum Gasteiger partial charge on any atom is -0.358 e. The van der Waals surface area contributed by atoms with Crippen molar-refractivity contribution in [1.82, 2.24) is 20.1 Å². The Balaban J connectivity index is 1.42. The number of benzene rings is 2. The summed E-state index contributed by atoms with van der Waals surface area (Å²) < 4.78 is 0. The van der Waals surface area contributed by atoms with Crippen molar-refractivity contribution in [3.05, 3.63) is 70.9 Å². The van der Waals surface area contributed by atoms with Gasteiger partial charge in [0.1, 0.15) is 6.54 Å². The predicted octanol–water partition coefficient (Wildman–Crippen LogP) is 3.23. The van der Waals surface area contributed by atoms with Gasteiger partial charge in [0.2, 0.25) is 5.91 Å². The molecule has 1 fully saturated rings. The van der Waals surface area contributed by atoms with Crippen molar-refractivity contribution in [2.45, 2.75) is 25.8 Å². The zero-order valence-corrected chi connectivity index (χ0v) is 17.9. The molecule has 3 heterocycles. The lowest BCUT2D eigenvalue weighted by Crippen LogP contribution is -2.42. The number of aryl methyl sites for hydroxylation is 1. The first-order valence-electron chi connectivity index (χ1n) is 11.1. The van der Waals surface area contributed by atoms with Gasteiger partial charge in [0, 0.05) is 40.8 Å². The van der Waals surface area contributed by atoms with Gasteiger partial charge in [-0.1, -0.05) is 36.4 Å². The zero-order chi connectivity index (χ0) is 21.4. The van der Waals surface area contributed by atoms with Crippen molar-refractivity contribution in [1.29, 1.82) is 0 Å². The van der Waals surface area contributed by atoms with Crippen molar-refractivity contribution >= 4 is 22.7 Å². The number of carbonyl (C=O) groups is 2. The van der Waals surface area contributed by atoms with Crippen molar-refractivity contribution in [2.24, 2.45) is 0 Å². The van der Waals surface area contributed by atoms with E-state index >= 15 is 0 Å². The van der Waals surface area contributed by atoms with E-state index in [-0.39, 0.29) is 24.4 Å². The molecule has 2 amide bonds. The second kappa shape index (κ2) is 8.19. The maximum Gasteiger partial charge on any atom is 0.255 e. The molecule has 0 bridgehead atoms. The molecule has 2 aliphatic heterocycles. The molecule has 2 N–H and O–H groups in total. The van der Waals surface area contributed by atoms with Gasteiger partial charge in [-0.15, -0.1) is 0 Å². The summed E-state index contributed by atoms with van der Waals surface area (Å²) in [5.41, 5.74) is 4.78. The molecule has 0 radical (unpaired) electrons. The lowest BCUT2D eigenvalue weighted by atomic mass is 9.95. The summed E-state index contributed by atoms with van der Waals surface area (Å²) in [5, 5.41) is 4.11. The number of nitrogens with one attached hydrogen (secondary N) is 2. The average molecular weight is 417 g/mol. The second-order valence-electron chi connectivity index (χ2n) is 8.53. The van der Waals surface area contributed by atoms with Crippen LogP contribution in [-0.4, -0.2) is 59.3 Å². The molecule has 2 aliphatic rings. The molecular formula is C25H28N4O2. The fourth-order valence-corrected chi connectivity index (χ4v) is 5.07. The number of para-hydroxylation sites is 1. The summed E-state index contributed by atoms with van der Waals surface area (Å²) in [5.74, 6) is -0.192. The standard InChI is InChI=1S/C25H28N4O2/c1-17-23(20-10-4-5-11-21(20)27-17)24-18-8-2-3-9-19(18)25(31)29(24)16-22(30)26-12-15-28-13-6-7-14-28/h2-5,8-11,24,27H,6-7,12-16H2,1H3,(H,26,30)/t24-/m0/s1. The second-order valence-corrected chi connectivity index (χ2v) is 8.53. The number of hydrogen-bond acceptors (Lipinski definition) is 3. The van der Waals surface area contributed by atoms with Gasteiger partial charge >= 0.3 is 0 Å². The number of nitrogens with zero attached hydrogens (tertiary/aromatic N) is 2. The first-order chi connectivity index (χ1) is 15.1. The first kappa shape index (κ1) is 19.8. The molecule has 1 saturated heterocycles. The van der Waals surface area contributed by atoms with Gasteiger partial charge < -0.3 is 20.1 Å². The minimum atomic E-state index is -0.274. The van der Waals surface area contributed by atoms with E-state index in [1.807, 2.05) is 49.4 Å². The monoisotopic (exact) mass is 416 g/mol. The first-order valence-corrected chi connectivity index (χ1v) is 11.1. The quantitative estimate of drug-likeness (QED) is 0.648. The lowest BCUT2D eigenvalue weighted by Gasteiger charge is -2.26. The van der Waals surface area contributed by atoms with Crippen molar-refractivity contribution in [3.63, 3.8) is 0 Å². The van der Waals surface area contributed by atoms with E-state index in [0.717, 1.165) is 47.4 Å². The summed E-state index contributed by atoms with van der Waals surface area (Å²) in [7, 11) is 0. The highest BCUT2D eigenvalue weighted by Gasteiger charge is 2.40. The van der Waals surface area contributed by atoms with Crippen LogP contribution in [0.3, 0.4) is 0 Å². The Morgan fingerprint density at radius 3 is 2.68 bits per heavy atom. The van der Waals surface area contributed by atoms with E-state index < -0.39 is 0 Å². The van der Waals surface area contributed by atoms with E-state index in [9.17, 15) is 9.59 Å². The third-order valence-corrected chi connectivity index (χ3v) is 6.54. The van der Waals surface area contributed by atoms with Crippen LogP contribution in [0.2, 0.25) is 0 Å². The Kier molecular flexibility index (Phi) is 5.24. The Morgan fingerprint density at radius 1 is 1.10 bits per heavy atom. The molecule has 5 rings (SSSR count). The fourth-order valence-electron chi connectivity index (χ4n) is 5.07. The number of aromatic amines is 1. The fraction of sp³-hybridized carbons (Fsp3) is 0.360. The molecule has 31 heavy (non-hydrogen) atoms. The van der Waals surface area contributed by atoms with Gasteiger partial charge in [0.15, 0.2) is 0 Å². The molecule has 1 atom stereocenters. The number of rotatable bonds is 6. The largest absolute Gasteiger partial charge is 0.358 e. The van der Waals surface area contributed by atoms with Gasteiger partial charge in [-0.25, -0.2) is 0 Å². The van der Waals surface area contributed by atoms with Crippen molar-refractivity contribution < 1.29 is 9.59 Å². The highest BCUT2D eigenvalue weighted by molar-refractivity contribution is 6.02. The van der Waals surface area contributed by atoms with Crippen LogP contribution in [0.5, 0.6) is 0 Å². The maximum absolute atomic E-state index is 13.3. The highest BCUT2D eigenvalue weighted by Crippen LogP contribution is 2.42. The number of hydrogen-bond donors (Lipinski definition) is 2. The van der Waals surface area contributed by atoms with Crippen LogP contribution < -0.4 is 5.32 Å². The van der Waals surface area contributed by atoms with Crippen LogP contribution in [0.1, 0.15) is 46.1 Å². The van der Waals surface area contributed by atoms with Crippen LogP contribution in [0, 0.1) is 6.92 Å². The van der Waals surface area contributed by atoms with Gasteiger partial charge in [-0.3, -0.25) is 9.59 Å². The molecule has 0 unspecified atom stereocenters. The molecular weight excluding hydrogens is 388 g/mol. The molecule has 1 aromatic heterocycles. The predicted molar refractivity (Wildman–Crippen MR) is 121 cm³/mol. The van der Waals surface area contributed by atoms with Gasteiger partial charge in [0.05, 0.1) is 6.04 Å². The Labute approximate surface area is 182 Å². The summed E-state index contributed by atoms with van der Waals surface area (Å²) in [6, 6.07) is 15.6. The average Bonchev–Trinajstić information content (AvgIpc) is 3.46. The van der Waals surface area contributed by atoms with E-state index in [2.05, 4.69) is 21.3 Å². The SMILES string of the molecule is Cc1[nH]c2ccccc2c1[C@@H]1c2ccccc2C(=O)N1CC(=O)NCCN1CCCC1. The zero-order valence-electron chi connectivity index (χ0n) is 17.9. The Bertz CT molecular complexity index is 1130. The van der Waals surface area contributed by atoms with Crippen LogP contribution in [0.25, 0.3) is 10.9 Å². The smallest absolute Gasteiger partial charge is 0.255 e. The van der Waals surface area contributed by atoms with Gasteiger partial charge in [-0.2, -0.15) is 0 Å². The Morgan fingerprint density at radius 2 is 1.84 bits per heavy atom. The maximum atomic E-state index is 13.3. The third kappa shape index (κ3) is 3.61. The molecule has 0 aliphatic carbocycles. The van der Waals surface area contributed by atoms with Crippen LogP contribution in [-0.2, 0) is 4.79 Å². The molecule has 6 heteroatoms. The minimum absolute atomic E-state index is 0.0527. The normalized spacial score (nSPS) is 18.7. The van der Waals surface area contributed by atoms with Crippen molar-refractivity contribution in [3.8, 4) is 0 Å². The summed E-state index contributed by atoms with van der Waals surface area (Å²) in [4.78, 5) is 33.6. The molecule has 2 aromatic carbocycles.